The number of nitrogen functional groups attached to an aromatic ring is 1. The molecule has 0 aliphatic rings. The largest absolute Gasteiger partial charge is 0.398 e. The Hall–Kier alpha value is -1.32. The van der Waals surface area contributed by atoms with Crippen LogP contribution in [0.4, 0.5) is 5.69 Å². The fourth-order valence-corrected chi connectivity index (χ4v) is 2.35. The van der Waals surface area contributed by atoms with Crippen LogP contribution < -0.4 is 5.73 Å². The molecule has 0 aliphatic heterocycles. The van der Waals surface area contributed by atoms with E-state index in [1.54, 1.807) is 0 Å². The van der Waals surface area contributed by atoms with Crippen LogP contribution in [0.1, 0.15) is 11.1 Å². The molecule has 0 radical (unpaired) electrons. The lowest BCUT2D eigenvalue weighted by atomic mass is 10.1. The Labute approximate surface area is 117 Å². The molecule has 2 nitrogen and oxygen atoms in total. The summed E-state index contributed by atoms with van der Waals surface area (Å²) in [5, 5.41) is 0. The van der Waals surface area contributed by atoms with Gasteiger partial charge in [0.25, 0.3) is 0 Å². The number of nitrogens with two attached hydrogens (primary N) is 1. The van der Waals surface area contributed by atoms with Gasteiger partial charge in [0.15, 0.2) is 0 Å². The summed E-state index contributed by atoms with van der Waals surface area (Å²) in [5.74, 6) is 0. The van der Waals surface area contributed by atoms with Crippen molar-refractivity contribution in [1.82, 2.24) is 4.90 Å². The number of anilines is 1. The summed E-state index contributed by atoms with van der Waals surface area (Å²) in [6.45, 7) is 1.81. The lowest BCUT2D eigenvalue weighted by Gasteiger charge is -2.18. The minimum Gasteiger partial charge on any atom is -0.398 e. The van der Waals surface area contributed by atoms with Crippen molar-refractivity contribution in [1.29, 1.82) is 0 Å². The van der Waals surface area contributed by atoms with Gasteiger partial charge in [-0.3, -0.25) is 4.90 Å². The molecular weight excluding hydrogens is 288 g/mol. The number of hydrogen-bond donors (Lipinski definition) is 1. The van der Waals surface area contributed by atoms with Crippen molar-refractivity contribution in [3.05, 3.63) is 64.1 Å². The molecule has 2 N–H and O–H groups in total. The quantitative estimate of drug-likeness (QED) is 0.873. The summed E-state index contributed by atoms with van der Waals surface area (Å²) in [6.07, 6.45) is 0. The van der Waals surface area contributed by atoms with Gasteiger partial charge in [0.1, 0.15) is 0 Å². The molecule has 2 aromatic rings. The summed E-state index contributed by atoms with van der Waals surface area (Å²) in [4.78, 5) is 2.27. The third kappa shape index (κ3) is 3.34. The van der Waals surface area contributed by atoms with Gasteiger partial charge in [0.2, 0.25) is 0 Å². The van der Waals surface area contributed by atoms with Crippen LogP contribution in [-0.2, 0) is 13.1 Å². The van der Waals surface area contributed by atoms with E-state index in [-0.39, 0.29) is 0 Å². The van der Waals surface area contributed by atoms with Crippen LogP contribution in [0.5, 0.6) is 0 Å². The monoisotopic (exact) mass is 304 g/mol. The molecule has 0 fully saturated rings. The van der Waals surface area contributed by atoms with Gasteiger partial charge in [-0.05, 0) is 40.2 Å². The van der Waals surface area contributed by atoms with E-state index in [0.29, 0.717) is 0 Å². The van der Waals surface area contributed by atoms with Crippen molar-refractivity contribution in [2.45, 2.75) is 13.1 Å². The zero-order valence-electron chi connectivity index (χ0n) is 10.4. The minimum absolute atomic E-state index is 0.792. The van der Waals surface area contributed by atoms with Gasteiger partial charge in [-0.25, -0.2) is 0 Å². The van der Waals surface area contributed by atoms with Crippen molar-refractivity contribution in [3.63, 3.8) is 0 Å². The summed E-state index contributed by atoms with van der Waals surface area (Å²) < 4.78 is 1.00. The molecule has 3 heteroatoms. The van der Waals surface area contributed by atoms with Crippen LogP contribution in [0.15, 0.2) is 53.0 Å². The van der Waals surface area contributed by atoms with Crippen LogP contribution in [0, 0.1) is 0 Å². The Balaban J connectivity index is 2.03. The second kappa shape index (κ2) is 6.03. The van der Waals surface area contributed by atoms with E-state index >= 15 is 0 Å². The van der Waals surface area contributed by atoms with Gasteiger partial charge < -0.3 is 5.73 Å². The molecule has 18 heavy (non-hydrogen) atoms. The zero-order chi connectivity index (χ0) is 13.0. The molecule has 0 heterocycles. The molecule has 0 atom stereocenters. The highest BCUT2D eigenvalue weighted by Gasteiger charge is 2.06. The van der Waals surface area contributed by atoms with Crippen LogP contribution in [-0.4, -0.2) is 11.9 Å². The lowest BCUT2D eigenvalue weighted by Crippen LogP contribution is -2.17. The molecule has 0 unspecified atom stereocenters. The fourth-order valence-electron chi connectivity index (χ4n) is 1.96. The molecule has 0 saturated heterocycles. The second-order valence-electron chi connectivity index (χ2n) is 4.48. The molecule has 0 amide bonds. The van der Waals surface area contributed by atoms with E-state index in [2.05, 4.69) is 58.2 Å². The van der Waals surface area contributed by atoms with Gasteiger partial charge in [0.05, 0.1) is 0 Å². The fraction of sp³-hybridized carbons (Fsp3) is 0.200. The van der Waals surface area contributed by atoms with E-state index in [4.69, 9.17) is 5.73 Å². The summed E-state index contributed by atoms with van der Waals surface area (Å²) in [6, 6.07) is 16.5. The maximum atomic E-state index is 5.88. The Morgan fingerprint density at radius 3 is 2.44 bits per heavy atom. The highest BCUT2D eigenvalue weighted by molar-refractivity contribution is 9.10. The van der Waals surface area contributed by atoms with E-state index in [0.717, 1.165) is 23.2 Å². The van der Waals surface area contributed by atoms with Crippen molar-refractivity contribution in [2.24, 2.45) is 0 Å². The molecule has 0 bridgehead atoms. The maximum absolute atomic E-state index is 5.88. The van der Waals surface area contributed by atoms with E-state index in [9.17, 15) is 0 Å². The van der Waals surface area contributed by atoms with Gasteiger partial charge in [-0.15, -0.1) is 0 Å². The molecule has 2 aromatic carbocycles. The van der Waals surface area contributed by atoms with Gasteiger partial charge in [-0.2, -0.15) is 0 Å². The predicted molar refractivity (Wildman–Crippen MR) is 80.2 cm³/mol. The first-order valence-corrected chi connectivity index (χ1v) is 6.71. The number of rotatable bonds is 4. The zero-order valence-corrected chi connectivity index (χ0v) is 12.0. The minimum atomic E-state index is 0.792. The van der Waals surface area contributed by atoms with Crippen molar-refractivity contribution in [2.75, 3.05) is 12.8 Å². The first-order chi connectivity index (χ1) is 8.66. The first-order valence-electron chi connectivity index (χ1n) is 5.92. The third-order valence-electron chi connectivity index (χ3n) is 2.84. The summed E-state index contributed by atoms with van der Waals surface area (Å²) >= 11 is 3.54. The number of nitrogens with zero attached hydrogens (tertiary/aromatic N) is 1. The molecule has 0 spiro atoms. The normalized spacial score (nSPS) is 10.8. The van der Waals surface area contributed by atoms with Crippen LogP contribution in [0.2, 0.25) is 0 Å². The average molecular weight is 305 g/mol. The van der Waals surface area contributed by atoms with Gasteiger partial charge in [0, 0.05) is 23.2 Å². The van der Waals surface area contributed by atoms with Crippen LogP contribution in [0.25, 0.3) is 0 Å². The summed E-state index contributed by atoms with van der Waals surface area (Å²) in [7, 11) is 2.11. The molecule has 94 valence electrons. The van der Waals surface area contributed by atoms with Crippen LogP contribution in [0.3, 0.4) is 0 Å². The SMILES string of the molecule is CN(Cc1ccccc1)Cc1cccc(N)c1Br. The average Bonchev–Trinajstić information content (AvgIpc) is 2.36. The Morgan fingerprint density at radius 1 is 1.00 bits per heavy atom. The van der Waals surface area contributed by atoms with Crippen molar-refractivity contribution >= 4 is 21.6 Å². The number of benzene rings is 2. The van der Waals surface area contributed by atoms with Crippen LogP contribution >= 0.6 is 15.9 Å². The van der Waals surface area contributed by atoms with E-state index < -0.39 is 0 Å². The number of hydrogen-bond acceptors (Lipinski definition) is 2. The van der Waals surface area contributed by atoms with Crippen molar-refractivity contribution in [3.8, 4) is 0 Å². The Morgan fingerprint density at radius 2 is 1.72 bits per heavy atom. The standard InChI is InChI=1S/C15H17BrN2/c1-18(10-12-6-3-2-4-7-12)11-13-8-5-9-14(17)15(13)16/h2-9H,10-11,17H2,1H3. The predicted octanol–water partition coefficient (Wildman–Crippen LogP) is 3.66. The smallest absolute Gasteiger partial charge is 0.0461 e. The molecule has 0 aliphatic carbocycles. The topological polar surface area (TPSA) is 29.3 Å². The molecule has 2 rings (SSSR count). The number of halogens is 1. The molecule has 0 saturated carbocycles. The summed E-state index contributed by atoms with van der Waals surface area (Å²) in [5.41, 5.74) is 9.21. The highest BCUT2D eigenvalue weighted by atomic mass is 79.9. The first kappa shape index (κ1) is 13.1. The van der Waals surface area contributed by atoms with E-state index in [1.165, 1.54) is 11.1 Å². The van der Waals surface area contributed by atoms with Gasteiger partial charge >= 0.3 is 0 Å². The Kier molecular flexibility index (Phi) is 4.39. The molecular formula is C15H17BrN2. The highest BCUT2D eigenvalue weighted by Crippen LogP contribution is 2.24. The second-order valence-corrected chi connectivity index (χ2v) is 5.27. The van der Waals surface area contributed by atoms with Crippen molar-refractivity contribution < 1.29 is 0 Å². The lowest BCUT2D eigenvalue weighted by molar-refractivity contribution is 0.318. The van der Waals surface area contributed by atoms with Gasteiger partial charge in [-0.1, -0.05) is 42.5 Å². The third-order valence-corrected chi connectivity index (χ3v) is 3.81. The maximum Gasteiger partial charge on any atom is 0.0461 e. The van der Waals surface area contributed by atoms with E-state index in [1.807, 2.05) is 18.2 Å². The Bertz CT molecular complexity index is 511. The molecule has 0 aromatic heterocycles.